The highest BCUT2D eigenvalue weighted by Crippen LogP contribution is 2.32. The Bertz CT molecular complexity index is 167. The molecule has 1 fully saturated rings. The lowest BCUT2D eigenvalue weighted by Gasteiger charge is -2.10. The molecule has 1 unspecified atom stereocenters. The fourth-order valence-electron chi connectivity index (χ4n) is 1.62. The van der Waals surface area contributed by atoms with Crippen molar-refractivity contribution in [2.24, 2.45) is 5.92 Å². The fourth-order valence-corrected chi connectivity index (χ4v) is 1.62. The summed E-state index contributed by atoms with van der Waals surface area (Å²) in [6.07, 6.45) is 10.5. The molecule has 1 heterocycles. The monoisotopic (exact) mass is 121 g/mol. The average molecular weight is 121 g/mol. The standard InChI is InChI=1S/C8H11N/c1-2-7-4-5-9-6-8(7)3-1/h4-7,9H,1-3H2. The van der Waals surface area contributed by atoms with E-state index >= 15 is 0 Å². The van der Waals surface area contributed by atoms with Gasteiger partial charge in [-0.05, 0) is 31.0 Å². The van der Waals surface area contributed by atoms with Gasteiger partial charge in [0, 0.05) is 12.1 Å². The maximum atomic E-state index is 3.11. The van der Waals surface area contributed by atoms with Gasteiger partial charge in [-0.2, -0.15) is 0 Å². The van der Waals surface area contributed by atoms with Crippen molar-refractivity contribution in [3.05, 3.63) is 24.0 Å². The molecule has 9 heavy (non-hydrogen) atoms. The van der Waals surface area contributed by atoms with Gasteiger partial charge < -0.3 is 5.32 Å². The first-order valence-electron chi connectivity index (χ1n) is 3.58. The van der Waals surface area contributed by atoms with Crippen LogP contribution in [0.2, 0.25) is 0 Å². The lowest BCUT2D eigenvalue weighted by molar-refractivity contribution is 0.749. The molecule has 0 aromatic heterocycles. The van der Waals surface area contributed by atoms with Crippen molar-refractivity contribution in [2.75, 3.05) is 0 Å². The van der Waals surface area contributed by atoms with Gasteiger partial charge in [0.25, 0.3) is 0 Å². The van der Waals surface area contributed by atoms with Crippen LogP contribution in [-0.4, -0.2) is 0 Å². The van der Waals surface area contributed by atoms with E-state index in [9.17, 15) is 0 Å². The number of nitrogens with one attached hydrogen (secondary N) is 1. The number of fused-ring (bicyclic) bond motifs is 1. The minimum absolute atomic E-state index is 0.784. The summed E-state index contributed by atoms with van der Waals surface area (Å²) in [4.78, 5) is 0. The zero-order chi connectivity index (χ0) is 6.10. The Balaban J connectivity index is 2.22. The van der Waals surface area contributed by atoms with Crippen molar-refractivity contribution < 1.29 is 0 Å². The third-order valence-corrected chi connectivity index (χ3v) is 2.15. The summed E-state index contributed by atoms with van der Waals surface area (Å²) in [6, 6.07) is 0. The normalized spacial score (nSPS) is 31.1. The van der Waals surface area contributed by atoms with Crippen molar-refractivity contribution in [1.82, 2.24) is 5.32 Å². The molecule has 0 radical (unpaired) electrons. The van der Waals surface area contributed by atoms with E-state index in [1.807, 2.05) is 6.20 Å². The van der Waals surface area contributed by atoms with E-state index in [-0.39, 0.29) is 0 Å². The van der Waals surface area contributed by atoms with E-state index in [2.05, 4.69) is 17.6 Å². The van der Waals surface area contributed by atoms with Crippen molar-refractivity contribution in [3.63, 3.8) is 0 Å². The van der Waals surface area contributed by atoms with Gasteiger partial charge in [-0.25, -0.2) is 0 Å². The number of rotatable bonds is 0. The molecular weight excluding hydrogens is 110 g/mol. The Hall–Kier alpha value is -0.720. The van der Waals surface area contributed by atoms with Gasteiger partial charge in [-0.1, -0.05) is 6.08 Å². The third kappa shape index (κ3) is 0.766. The second-order valence-electron chi connectivity index (χ2n) is 2.74. The van der Waals surface area contributed by atoms with Crippen LogP contribution in [0.4, 0.5) is 0 Å². The van der Waals surface area contributed by atoms with E-state index < -0.39 is 0 Å². The highest BCUT2D eigenvalue weighted by Gasteiger charge is 2.18. The van der Waals surface area contributed by atoms with Crippen LogP contribution in [0.3, 0.4) is 0 Å². The van der Waals surface area contributed by atoms with Gasteiger partial charge in [0.15, 0.2) is 0 Å². The number of hydrogen-bond donors (Lipinski definition) is 1. The van der Waals surface area contributed by atoms with Crippen molar-refractivity contribution in [1.29, 1.82) is 0 Å². The maximum absolute atomic E-state index is 3.11. The zero-order valence-electron chi connectivity index (χ0n) is 5.43. The fraction of sp³-hybridized carbons (Fsp3) is 0.500. The van der Waals surface area contributed by atoms with Crippen molar-refractivity contribution in [2.45, 2.75) is 19.3 Å². The molecule has 2 aliphatic rings. The Labute approximate surface area is 55.5 Å². The van der Waals surface area contributed by atoms with E-state index in [0.717, 1.165) is 5.92 Å². The summed E-state index contributed by atoms with van der Waals surface area (Å²) in [5.41, 5.74) is 1.59. The number of dihydropyridines is 1. The zero-order valence-corrected chi connectivity index (χ0v) is 5.43. The molecule has 0 amide bonds. The first-order chi connectivity index (χ1) is 4.47. The topological polar surface area (TPSA) is 12.0 Å². The number of allylic oxidation sites excluding steroid dienone is 2. The third-order valence-electron chi connectivity index (χ3n) is 2.15. The summed E-state index contributed by atoms with van der Waals surface area (Å²) >= 11 is 0. The van der Waals surface area contributed by atoms with Crippen LogP contribution < -0.4 is 5.32 Å². The van der Waals surface area contributed by atoms with Crippen LogP contribution in [0.15, 0.2) is 24.0 Å². The first-order valence-corrected chi connectivity index (χ1v) is 3.58. The van der Waals surface area contributed by atoms with E-state index in [1.54, 1.807) is 5.57 Å². The van der Waals surface area contributed by atoms with Gasteiger partial charge in [0.05, 0.1) is 0 Å². The van der Waals surface area contributed by atoms with Gasteiger partial charge in [-0.3, -0.25) is 0 Å². The Kier molecular flexibility index (Phi) is 1.08. The lowest BCUT2D eigenvalue weighted by atomic mass is 10.0. The van der Waals surface area contributed by atoms with Crippen LogP contribution in [0, 0.1) is 5.92 Å². The van der Waals surface area contributed by atoms with Crippen LogP contribution in [0.1, 0.15) is 19.3 Å². The second-order valence-corrected chi connectivity index (χ2v) is 2.74. The molecule has 0 saturated heterocycles. The highest BCUT2D eigenvalue weighted by molar-refractivity contribution is 5.20. The van der Waals surface area contributed by atoms with Crippen LogP contribution in [0.25, 0.3) is 0 Å². The Morgan fingerprint density at radius 2 is 2.56 bits per heavy atom. The van der Waals surface area contributed by atoms with Crippen LogP contribution in [-0.2, 0) is 0 Å². The molecule has 1 aliphatic heterocycles. The minimum Gasteiger partial charge on any atom is -0.368 e. The predicted octanol–water partition coefficient (Wildman–Crippen LogP) is 1.79. The second kappa shape index (κ2) is 1.90. The smallest absolute Gasteiger partial charge is 0.00116 e. The summed E-state index contributed by atoms with van der Waals surface area (Å²) < 4.78 is 0. The Morgan fingerprint density at radius 1 is 1.56 bits per heavy atom. The molecular formula is C8H11N. The van der Waals surface area contributed by atoms with Crippen molar-refractivity contribution in [3.8, 4) is 0 Å². The lowest BCUT2D eigenvalue weighted by Crippen LogP contribution is -2.05. The van der Waals surface area contributed by atoms with Crippen molar-refractivity contribution >= 4 is 0 Å². The molecule has 2 rings (SSSR count). The molecule has 1 aliphatic carbocycles. The highest BCUT2D eigenvalue weighted by atomic mass is 14.8. The molecule has 1 nitrogen and oxygen atoms in total. The van der Waals surface area contributed by atoms with Gasteiger partial charge in [-0.15, -0.1) is 0 Å². The number of hydrogen-bond acceptors (Lipinski definition) is 1. The van der Waals surface area contributed by atoms with E-state index in [1.165, 1.54) is 19.3 Å². The van der Waals surface area contributed by atoms with E-state index in [4.69, 9.17) is 0 Å². The molecule has 0 aromatic rings. The average Bonchev–Trinajstić information content (AvgIpc) is 2.33. The molecule has 1 heteroatoms. The molecule has 0 bridgehead atoms. The summed E-state index contributed by atoms with van der Waals surface area (Å²) in [5.74, 6) is 0.784. The largest absolute Gasteiger partial charge is 0.368 e. The molecule has 1 atom stereocenters. The molecule has 1 saturated carbocycles. The van der Waals surface area contributed by atoms with Crippen LogP contribution >= 0.6 is 0 Å². The molecule has 0 aromatic carbocycles. The maximum Gasteiger partial charge on any atom is 0.00116 e. The van der Waals surface area contributed by atoms with Gasteiger partial charge in [0.1, 0.15) is 0 Å². The van der Waals surface area contributed by atoms with Gasteiger partial charge >= 0.3 is 0 Å². The predicted molar refractivity (Wildman–Crippen MR) is 37.7 cm³/mol. The minimum atomic E-state index is 0.784. The van der Waals surface area contributed by atoms with Gasteiger partial charge in [0.2, 0.25) is 0 Å². The summed E-state index contributed by atoms with van der Waals surface area (Å²) in [6.45, 7) is 0. The van der Waals surface area contributed by atoms with Crippen LogP contribution in [0.5, 0.6) is 0 Å². The quantitative estimate of drug-likeness (QED) is 0.515. The summed E-state index contributed by atoms with van der Waals surface area (Å²) in [7, 11) is 0. The molecule has 0 spiro atoms. The SMILES string of the molecule is C1=CC2CCCC2=CN1. The first kappa shape index (κ1) is 5.10. The van der Waals surface area contributed by atoms with E-state index in [0.29, 0.717) is 0 Å². The molecule has 48 valence electrons. The molecule has 1 N–H and O–H groups in total. The Morgan fingerprint density at radius 3 is 3.44 bits per heavy atom. The summed E-state index contributed by atoms with van der Waals surface area (Å²) in [5, 5.41) is 3.11.